The number of benzene rings is 3. The number of aliphatic hydroxyl groups excluding tert-OH is 1. The third-order valence-electron chi connectivity index (χ3n) is 9.96. The number of anilines is 2. The lowest BCUT2D eigenvalue weighted by Gasteiger charge is -2.37. The van der Waals surface area contributed by atoms with Gasteiger partial charge in [0.15, 0.2) is 0 Å². The minimum atomic E-state index is -4.93. The van der Waals surface area contributed by atoms with E-state index in [-0.39, 0.29) is 10.9 Å². The first-order valence-electron chi connectivity index (χ1n) is 17.3. The summed E-state index contributed by atoms with van der Waals surface area (Å²) in [6.07, 6.45) is -1.52. The van der Waals surface area contributed by atoms with Crippen molar-refractivity contribution >= 4 is 45.8 Å². The van der Waals surface area contributed by atoms with E-state index in [1.165, 1.54) is 64.4 Å². The standard InChI is InChI=1S/C21H26N2S2.C17H16F6N2O/c1-22-13-6-5-7-16(22)12-14-23-18-8-3-4-9-20(18)25-21-11-10-17(24-2)15-19(21)23;18-16(19,20)11-5-3-4-9-10(15(26)12-6-1-2-7-24-12)8-13(17(21,22)23)25-14(9)11/h3-4,8-11,15-16H,5-7,12-14H2,1-2H3;3-5,8,12,15,24,26H,1-2,6-7H2/t;12-,15+/m.0/s1. The summed E-state index contributed by atoms with van der Waals surface area (Å²) < 4.78 is 79.3. The Morgan fingerprint density at radius 3 is 2.37 bits per heavy atom. The van der Waals surface area contributed by atoms with Crippen molar-refractivity contribution in [2.45, 2.75) is 90.2 Å². The smallest absolute Gasteiger partial charge is 0.387 e. The zero-order valence-electron chi connectivity index (χ0n) is 28.5. The molecule has 1 aromatic heterocycles. The fraction of sp³-hybridized carbons (Fsp3) is 0.447. The largest absolute Gasteiger partial charge is 0.433 e. The molecule has 0 spiro atoms. The highest BCUT2D eigenvalue weighted by Gasteiger charge is 2.39. The number of alkyl halides is 6. The fourth-order valence-corrected chi connectivity index (χ4v) is 8.73. The molecule has 2 saturated heterocycles. The van der Waals surface area contributed by atoms with Gasteiger partial charge in [-0.05, 0) is 107 Å². The average Bonchev–Trinajstić information content (AvgIpc) is 3.12. The van der Waals surface area contributed by atoms with Gasteiger partial charge in [0.05, 0.1) is 28.6 Å². The second kappa shape index (κ2) is 16.0. The number of nitrogens with zero attached hydrogens (tertiary/aromatic N) is 3. The highest BCUT2D eigenvalue weighted by Crippen LogP contribution is 2.49. The zero-order valence-corrected chi connectivity index (χ0v) is 30.2. The lowest BCUT2D eigenvalue weighted by molar-refractivity contribution is -0.142. The average molecular weight is 749 g/mol. The van der Waals surface area contributed by atoms with Gasteiger partial charge < -0.3 is 20.2 Å². The van der Waals surface area contributed by atoms with Crippen molar-refractivity contribution in [3.8, 4) is 0 Å². The molecule has 0 saturated carbocycles. The number of halogens is 6. The maximum Gasteiger partial charge on any atom is 0.433 e. The minimum absolute atomic E-state index is 0.132. The van der Waals surface area contributed by atoms with Crippen LogP contribution in [-0.4, -0.2) is 60.0 Å². The molecule has 51 heavy (non-hydrogen) atoms. The van der Waals surface area contributed by atoms with E-state index in [4.69, 9.17) is 0 Å². The van der Waals surface area contributed by atoms with Crippen molar-refractivity contribution in [3.63, 3.8) is 0 Å². The number of para-hydroxylation sites is 2. The van der Waals surface area contributed by atoms with Crippen molar-refractivity contribution in [3.05, 3.63) is 83.6 Å². The van der Waals surface area contributed by atoms with Crippen LogP contribution in [0.1, 0.15) is 67.9 Å². The Kier molecular flexibility index (Phi) is 11.8. The molecule has 5 nitrogen and oxygen atoms in total. The molecule has 0 aliphatic carbocycles. The number of pyridine rings is 1. The normalized spacial score (nSPS) is 20.3. The van der Waals surface area contributed by atoms with Gasteiger partial charge in [-0.25, -0.2) is 4.98 Å². The number of hydrogen-bond acceptors (Lipinski definition) is 7. The fourth-order valence-electron chi connectivity index (χ4n) is 7.22. The molecule has 274 valence electrons. The van der Waals surface area contributed by atoms with E-state index < -0.39 is 41.3 Å². The van der Waals surface area contributed by atoms with Crippen LogP contribution in [0.25, 0.3) is 10.9 Å². The summed E-state index contributed by atoms with van der Waals surface area (Å²) in [6.45, 7) is 2.94. The highest BCUT2D eigenvalue weighted by molar-refractivity contribution is 8.00. The third kappa shape index (κ3) is 8.64. The summed E-state index contributed by atoms with van der Waals surface area (Å²) in [7, 11) is 2.30. The number of nitrogens with one attached hydrogen (secondary N) is 1. The number of fused-ring (bicyclic) bond motifs is 3. The molecule has 3 aromatic carbocycles. The molecular weight excluding hydrogens is 707 g/mol. The lowest BCUT2D eigenvalue weighted by Crippen LogP contribution is -2.39. The predicted molar refractivity (Wildman–Crippen MR) is 193 cm³/mol. The van der Waals surface area contributed by atoms with E-state index in [1.807, 2.05) is 23.5 Å². The van der Waals surface area contributed by atoms with E-state index in [1.54, 1.807) is 0 Å². The molecule has 2 N–H and O–H groups in total. The van der Waals surface area contributed by atoms with Crippen LogP contribution in [0.3, 0.4) is 0 Å². The molecular formula is C38H42F6N4OS2. The van der Waals surface area contributed by atoms with E-state index in [0.717, 1.165) is 31.5 Å². The summed E-state index contributed by atoms with van der Waals surface area (Å²) in [5, 5.41) is 13.5. The number of aliphatic hydroxyl groups is 1. The minimum Gasteiger partial charge on any atom is -0.387 e. The van der Waals surface area contributed by atoms with Gasteiger partial charge in [0, 0.05) is 38.7 Å². The second-order valence-electron chi connectivity index (χ2n) is 13.3. The Balaban J connectivity index is 0.000000176. The number of rotatable bonds is 6. The van der Waals surface area contributed by atoms with Crippen LogP contribution >= 0.6 is 23.5 Å². The molecule has 0 radical (unpaired) electrons. The predicted octanol–water partition coefficient (Wildman–Crippen LogP) is 10.3. The van der Waals surface area contributed by atoms with Gasteiger partial charge in [-0.1, -0.05) is 48.9 Å². The Labute approximate surface area is 303 Å². The first kappa shape index (κ1) is 37.8. The summed E-state index contributed by atoms with van der Waals surface area (Å²) in [6, 6.07) is 19.6. The van der Waals surface area contributed by atoms with Crippen LogP contribution in [0.15, 0.2) is 81.4 Å². The number of piperidine rings is 2. The van der Waals surface area contributed by atoms with Gasteiger partial charge in [0.2, 0.25) is 0 Å². The van der Waals surface area contributed by atoms with Gasteiger partial charge in [0.1, 0.15) is 5.69 Å². The third-order valence-corrected chi connectivity index (χ3v) is 11.8. The van der Waals surface area contributed by atoms with E-state index in [0.29, 0.717) is 25.1 Å². The van der Waals surface area contributed by atoms with Crippen molar-refractivity contribution < 1.29 is 31.4 Å². The van der Waals surface area contributed by atoms with Crippen molar-refractivity contribution in [1.29, 1.82) is 0 Å². The Bertz CT molecular complexity index is 1810. The van der Waals surface area contributed by atoms with Crippen molar-refractivity contribution in [1.82, 2.24) is 15.2 Å². The summed E-state index contributed by atoms with van der Waals surface area (Å²) >= 11 is 3.73. The van der Waals surface area contributed by atoms with Gasteiger partial charge >= 0.3 is 12.4 Å². The van der Waals surface area contributed by atoms with E-state index in [2.05, 4.69) is 75.9 Å². The first-order valence-corrected chi connectivity index (χ1v) is 19.3. The van der Waals surface area contributed by atoms with Crippen LogP contribution in [0, 0.1) is 0 Å². The SMILES string of the molecule is CSc1ccc2c(c1)N(CCC1CCCCN1C)c1ccccc1S2.O[C@H](c1cc(C(F)(F)F)nc2c(C(F)(F)F)cccc12)[C@@H]1CCCCN1. The van der Waals surface area contributed by atoms with Gasteiger partial charge in [-0.2, -0.15) is 26.3 Å². The van der Waals surface area contributed by atoms with Crippen LogP contribution in [-0.2, 0) is 12.4 Å². The maximum atomic E-state index is 13.2. The number of aromatic nitrogens is 1. The second-order valence-corrected chi connectivity index (χ2v) is 15.2. The highest BCUT2D eigenvalue weighted by atomic mass is 32.2. The van der Waals surface area contributed by atoms with Gasteiger partial charge in [-0.15, -0.1) is 11.8 Å². The molecule has 0 amide bonds. The quantitative estimate of drug-likeness (QED) is 0.150. The number of hydrogen-bond donors (Lipinski definition) is 2. The van der Waals surface area contributed by atoms with Crippen LogP contribution in [0.4, 0.5) is 37.7 Å². The van der Waals surface area contributed by atoms with Crippen molar-refractivity contribution in [2.75, 3.05) is 37.8 Å². The molecule has 3 aliphatic heterocycles. The lowest BCUT2D eigenvalue weighted by atomic mass is 9.91. The van der Waals surface area contributed by atoms with E-state index in [9.17, 15) is 31.4 Å². The van der Waals surface area contributed by atoms with Crippen LogP contribution in [0.2, 0.25) is 0 Å². The molecule has 7 rings (SSSR count). The molecule has 4 heterocycles. The van der Waals surface area contributed by atoms with Crippen LogP contribution in [0.5, 0.6) is 0 Å². The molecule has 3 atom stereocenters. The van der Waals surface area contributed by atoms with Gasteiger partial charge in [-0.3, -0.25) is 0 Å². The Morgan fingerprint density at radius 2 is 1.67 bits per heavy atom. The molecule has 1 unspecified atom stereocenters. The molecule has 4 aromatic rings. The Hall–Kier alpha value is -2.97. The summed E-state index contributed by atoms with van der Waals surface area (Å²) in [5.74, 6) is 0. The monoisotopic (exact) mass is 748 g/mol. The zero-order chi connectivity index (χ0) is 36.3. The molecule has 3 aliphatic rings. The van der Waals surface area contributed by atoms with Gasteiger partial charge in [0.25, 0.3) is 0 Å². The maximum absolute atomic E-state index is 13.2. The number of likely N-dealkylation sites (tertiary alicyclic amines) is 1. The topological polar surface area (TPSA) is 51.6 Å². The van der Waals surface area contributed by atoms with E-state index >= 15 is 0 Å². The summed E-state index contributed by atoms with van der Waals surface area (Å²) in [4.78, 5) is 12.5. The molecule has 0 bridgehead atoms. The Morgan fingerprint density at radius 1 is 0.902 bits per heavy atom. The van der Waals surface area contributed by atoms with Crippen molar-refractivity contribution in [2.24, 2.45) is 0 Å². The number of thioether (sulfide) groups is 1. The van der Waals surface area contributed by atoms with Crippen LogP contribution < -0.4 is 10.2 Å². The molecule has 2 fully saturated rings. The first-order chi connectivity index (χ1) is 24.3. The molecule has 13 heteroatoms. The summed E-state index contributed by atoms with van der Waals surface area (Å²) in [5.41, 5.74) is -0.962.